The Labute approximate surface area is 166 Å². The smallest absolute Gasteiger partial charge is 0.160 e. The van der Waals surface area contributed by atoms with E-state index in [9.17, 15) is 0 Å². The molecule has 3 aromatic rings. The van der Waals surface area contributed by atoms with Gasteiger partial charge in [-0.05, 0) is 30.7 Å². The summed E-state index contributed by atoms with van der Waals surface area (Å²) in [7, 11) is 0. The molecule has 3 unspecified atom stereocenters. The van der Waals surface area contributed by atoms with E-state index in [-0.39, 0.29) is 16.9 Å². The summed E-state index contributed by atoms with van der Waals surface area (Å²) in [5.74, 6) is 0.897. The maximum atomic E-state index is 4.71. The lowest BCUT2D eigenvalue weighted by atomic mass is 9.51. The number of nitrogens with zero attached hydrogens (tertiary/aromatic N) is 3. The molecule has 4 heteroatoms. The average Bonchev–Trinajstić information content (AvgIpc) is 2.75. The van der Waals surface area contributed by atoms with Gasteiger partial charge in [0.25, 0.3) is 0 Å². The van der Waals surface area contributed by atoms with Crippen molar-refractivity contribution in [1.82, 2.24) is 9.97 Å². The number of benzene rings is 2. The van der Waals surface area contributed by atoms with Gasteiger partial charge in [-0.25, -0.2) is 9.97 Å². The van der Waals surface area contributed by atoms with E-state index in [2.05, 4.69) is 103 Å². The van der Waals surface area contributed by atoms with Gasteiger partial charge in [0.2, 0.25) is 0 Å². The first-order chi connectivity index (χ1) is 13.5. The van der Waals surface area contributed by atoms with Gasteiger partial charge in [0, 0.05) is 28.2 Å². The predicted molar refractivity (Wildman–Crippen MR) is 114 cm³/mol. The highest BCUT2D eigenvalue weighted by Crippen LogP contribution is 2.58. The molecule has 28 heavy (non-hydrogen) atoms. The Morgan fingerprint density at radius 3 is 2.43 bits per heavy atom. The number of anilines is 4. The Morgan fingerprint density at radius 2 is 1.68 bits per heavy atom. The van der Waals surface area contributed by atoms with Crippen LogP contribution in [0.5, 0.6) is 0 Å². The molecule has 3 atom stereocenters. The summed E-state index contributed by atoms with van der Waals surface area (Å²) in [6, 6.07) is 19.3. The Morgan fingerprint density at radius 1 is 0.929 bits per heavy atom. The monoisotopic (exact) mass is 368 g/mol. The van der Waals surface area contributed by atoms with Crippen LogP contribution in [-0.4, -0.2) is 16.0 Å². The van der Waals surface area contributed by atoms with Gasteiger partial charge in [0.15, 0.2) is 5.82 Å². The van der Waals surface area contributed by atoms with E-state index >= 15 is 0 Å². The highest BCUT2D eigenvalue weighted by Gasteiger charge is 2.55. The molecule has 0 bridgehead atoms. The molecule has 1 N–H and O–H groups in total. The third-order valence-corrected chi connectivity index (χ3v) is 6.85. The number of fused-ring (bicyclic) bond motifs is 4. The molecule has 0 amide bonds. The molecule has 2 aromatic carbocycles. The lowest BCUT2D eigenvalue weighted by Gasteiger charge is -2.56. The molecule has 1 aliphatic carbocycles. The van der Waals surface area contributed by atoms with E-state index in [1.807, 2.05) is 6.20 Å². The highest BCUT2D eigenvalue weighted by atomic mass is 15.3. The van der Waals surface area contributed by atoms with Crippen molar-refractivity contribution in [3.05, 3.63) is 84.8 Å². The van der Waals surface area contributed by atoms with E-state index in [0.717, 1.165) is 22.9 Å². The fourth-order valence-electron chi connectivity index (χ4n) is 4.73. The van der Waals surface area contributed by atoms with Gasteiger partial charge in [-0.15, -0.1) is 0 Å². The van der Waals surface area contributed by atoms with Crippen LogP contribution in [0.4, 0.5) is 22.9 Å². The molecule has 0 spiro atoms. The number of nitrogens with one attached hydrogen (secondary N) is 1. The number of allylic oxidation sites excluding steroid dienone is 1. The van der Waals surface area contributed by atoms with Crippen LogP contribution in [0.3, 0.4) is 0 Å². The molecule has 0 radical (unpaired) electrons. The zero-order valence-electron chi connectivity index (χ0n) is 16.4. The largest absolute Gasteiger partial charge is 0.351 e. The molecular weight excluding hydrogens is 344 g/mol. The molecular formula is C24H24N4. The summed E-state index contributed by atoms with van der Waals surface area (Å²) >= 11 is 0. The van der Waals surface area contributed by atoms with Crippen LogP contribution >= 0.6 is 0 Å². The molecule has 1 aromatic heterocycles. The maximum absolute atomic E-state index is 4.71. The highest BCUT2D eigenvalue weighted by molar-refractivity contribution is 5.80. The lowest BCUT2D eigenvalue weighted by molar-refractivity contribution is 0.190. The topological polar surface area (TPSA) is 41.1 Å². The van der Waals surface area contributed by atoms with Crippen LogP contribution in [0.15, 0.2) is 79.3 Å². The minimum Gasteiger partial charge on any atom is -0.351 e. The summed E-state index contributed by atoms with van der Waals surface area (Å²) in [6.45, 7) is 7.00. The standard InChI is InChI=1S/C24H24N4/c1-17-23(2)13-14-24(23,3)19-11-7-8-12-20(19)27-21-15-25-16-26-22(21)28(17)18-9-5-4-6-10-18/h4-17,27H,1-3H3. The molecule has 2 heterocycles. The van der Waals surface area contributed by atoms with Crippen molar-refractivity contribution in [1.29, 1.82) is 0 Å². The number of aromatic nitrogens is 2. The van der Waals surface area contributed by atoms with E-state index < -0.39 is 0 Å². The van der Waals surface area contributed by atoms with Crippen molar-refractivity contribution in [2.45, 2.75) is 32.2 Å². The first-order valence-corrected chi connectivity index (χ1v) is 9.76. The molecule has 0 saturated heterocycles. The molecule has 5 rings (SSSR count). The Hall–Kier alpha value is -3.14. The van der Waals surface area contributed by atoms with Crippen LogP contribution in [0.25, 0.3) is 0 Å². The van der Waals surface area contributed by atoms with Crippen molar-refractivity contribution < 1.29 is 0 Å². The fraction of sp³-hybridized carbons (Fsp3) is 0.250. The van der Waals surface area contributed by atoms with Gasteiger partial charge < -0.3 is 10.2 Å². The minimum absolute atomic E-state index is 0.0623. The second-order valence-corrected chi connectivity index (χ2v) is 8.13. The van der Waals surface area contributed by atoms with Crippen molar-refractivity contribution >= 4 is 22.9 Å². The Kier molecular flexibility index (Phi) is 3.60. The van der Waals surface area contributed by atoms with Crippen LogP contribution in [0.1, 0.15) is 26.3 Å². The summed E-state index contributed by atoms with van der Waals surface area (Å²) in [5.41, 5.74) is 4.31. The summed E-state index contributed by atoms with van der Waals surface area (Å²) in [4.78, 5) is 11.4. The first kappa shape index (κ1) is 17.0. The molecule has 4 nitrogen and oxygen atoms in total. The van der Waals surface area contributed by atoms with Gasteiger partial charge in [-0.3, -0.25) is 0 Å². The number of hydrogen-bond acceptors (Lipinski definition) is 4. The predicted octanol–water partition coefficient (Wildman–Crippen LogP) is 5.59. The number of rotatable bonds is 1. The first-order valence-electron chi connectivity index (χ1n) is 9.76. The van der Waals surface area contributed by atoms with Crippen LogP contribution in [0.2, 0.25) is 0 Å². The van der Waals surface area contributed by atoms with Gasteiger partial charge in [-0.1, -0.05) is 62.4 Å². The molecule has 0 saturated carbocycles. The zero-order chi connectivity index (χ0) is 19.4. The number of hydrogen-bond donors (Lipinski definition) is 1. The van der Waals surface area contributed by atoms with Crippen molar-refractivity contribution in [3.8, 4) is 0 Å². The third-order valence-electron chi connectivity index (χ3n) is 6.85. The molecule has 140 valence electrons. The van der Waals surface area contributed by atoms with E-state index in [4.69, 9.17) is 4.98 Å². The van der Waals surface area contributed by atoms with Gasteiger partial charge in [-0.2, -0.15) is 0 Å². The van der Waals surface area contributed by atoms with E-state index in [0.29, 0.717) is 0 Å². The fourth-order valence-corrected chi connectivity index (χ4v) is 4.73. The van der Waals surface area contributed by atoms with Crippen LogP contribution in [0, 0.1) is 5.41 Å². The molecule has 0 fully saturated rings. The van der Waals surface area contributed by atoms with E-state index in [1.54, 1.807) is 6.33 Å². The van der Waals surface area contributed by atoms with Gasteiger partial charge in [0.05, 0.1) is 6.20 Å². The summed E-state index contributed by atoms with van der Waals surface area (Å²) in [6.07, 6.45) is 8.20. The molecule has 1 aliphatic heterocycles. The third kappa shape index (κ3) is 2.18. The average molecular weight is 368 g/mol. The Bertz CT molecular complexity index is 1060. The molecule has 2 aliphatic rings. The Balaban J connectivity index is 1.80. The quantitative estimate of drug-likeness (QED) is 0.568. The van der Waals surface area contributed by atoms with E-state index in [1.165, 1.54) is 5.56 Å². The van der Waals surface area contributed by atoms with Crippen molar-refractivity contribution in [2.24, 2.45) is 5.41 Å². The normalized spacial score (nSPS) is 27.8. The number of para-hydroxylation sites is 2. The minimum atomic E-state index is -0.0848. The van der Waals surface area contributed by atoms with Crippen LogP contribution < -0.4 is 10.2 Å². The van der Waals surface area contributed by atoms with Crippen molar-refractivity contribution in [2.75, 3.05) is 10.2 Å². The SMILES string of the molecule is CC1N(c2ccccc2)c2ncncc2Nc2ccccc2C2(C)C=CC12C. The second-order valence-electron chi connectivity index (χ2n) is 8.13. The second kappa shape index (κ2) is 5.93. The van der Waals surface area contributed by atoms with Gasteiger partial charge >= 0.3 is 0 Å². The summed E-state index contributed by atoms with van der Waals surface area (Å²) < 4.78 is 0. The summed E-state index contributed by atoms with van der Waals surface area (Å²) in [5, 5.41) is 3.63. The lowest BCUT2D eigenvalue weighted by Crippen LogP contribution is -2.56. The maximum Gasteiger partial charge on any atom is 0.160 e. The van der Waals surface area contributed by atoms with Crippen molar-refractivity contribution in [3.63, 3.8) is 0 Å². The van der Waals surface area contributed by atoms with Gasteiger partial charge in [0.1, 0.15) is 12.0 Å². The van der Waals surface area contributed by atoms with Crippen LogP contribution in [-0.2, 0) is 5.41 Å². The zero-order valence-corrected chi connectivity index (χ0v) is 16.4.